The van der Waals surface area contributed by atoms with Gasteiger partial charge in [-0.1, -0.05) is 158 Å². The molecule has 0 bridgehead atoms. The Labute approximate surface area is 338 Å². The molecule has 0 saturated heterocycles. The second-order valence-electron chi connectivity index (χ2n) is 14.8. The highest BCUT2D eigenvalue weighted by molar-refractivity contribution is 7.25. The molecule has 0 saturated carbocycles. The molecule has 5 heteroatoms. The zero-order valence-corrected chi connectivity index (χ0v) is 32.0. The van der Waals surface area contributed by atoms with Crippen LogP contribution in [0.2, 0.25) is 0 Å². The number of para-hydroxylation sites is 1. The number of nitrogens with zero attached hydrogens (tertiary/aromatic N) is 4. The summed E-state index contributed by atoms with van der Waals surface area (Å²) in [5.41, 5.74) is 8.45. The summed E-state index contributed by atoms with van der Waals surface area (Å²) >= 11 is 1.82. The number of thiophene rings is 1. The number of fused-ring (bicyclic) bond motifs is 8. The molecule has 0 unspecified atom stereocenters. The Bertz CT molecular complexity index is 3560. The van der Waals surface area contributed by atoms with Crippen molar-refractivity contribution in [3.05, 3.63) is 194 Å². The van der Waals surface area contributed by atoms with Crippen LogP contribution in [0.15, 0.2) is 194 Å². The lowest BCUT2D eigenvalue weighted by atomic mass is 10.0. The second kappa shape index (κ2) is 13.1. The predicted molar refractivity (Wildman–Crippen MR) is 244 cm³/mol. The van der Waals surface area contributed by atoms with Crippen molar-refractivity contribution in [3.8, 4) is 51.0 Å². The summed E-state index contributed by atoms with van der Waals surface area (Å²) in [5, 5.41) is 9.48. The van der Waals surface area contributed by atoms with Gasteiger partial charge >= 0.3 is 0 Å². The van der Waals surface area contributed by atoms with E-state index in [1.807, 2.05) is 17.4 Å². The minimum absolute atomic E-state index is 0.624. The summed E-state index contributed by atoms with van der Waals surface area (Å²) < 4.78 is 4.89. The molecule has 4 nitrogen and oxygen atoms in total. The van der Waals surface area contributed by atoms with Crippen molar-refractivity contribution >= 4 is 74.9 Å². The third-order valence-electron chi connectivity index (χ3n) is 11.4. The van der Waals surface area contributed by atoms with Crippen molar-refractivity contribution in [1.29, 1.82) is 0 Å². The fourth-order valence-electron chi connectivity index (χ4n) is 8.65. The minimum atomic E-state index is 0.624. The molecule has 58 heavy (non-hydrogen) atoms. The first-order valence-electron chi connectivity index (χ1n) is 19.5. The van der Waals surface area contributed by atoms with E-state index in [1.54, 1.807) is 0 Å². The summed E-state index contributed by atoms with van der Waals surface area (Å²) in [5.74, 6) is 1.89. The average molecular weight is 757 g/mol. The van der Waals surface area contributed by atoms with E-state index in [4.69, 9.17) is 15.0 Å². The first-order chi connectivity index (χ1) is 28.7. The number of hydrogen-bond donors (Lipinski definition) is 0. The van der Waals surface area contributed by atoms with Crippen molar-refractivity contribution in [2.24, 2.45) is 0 Å². The molecule has 9 aromatic carbocycles. The molecule has 3 heterocycles. The number of hydrogen-bond acceptors (Lipinski definition) is 4. The van der Waals surface area contributed by atoms with E-state index in [2.05, 4.69) is 193 Å². The van der Waals surface area contributed by atoms with Gasteiger partial charge in [0.25, 0.3) is 0 Å². The third-order valence-corrected chi connectivity index (χ3v) is 12.6. The van der Waals surface area contributed by atoms with Crippen molar-refractivity contribution in [1.82, 2.24) is 19.5 Å². The Morgan fingerprint density at radius 1 is 0.328 bits per heavy atom. The highest BCUT2D eigenvalue weighted by Gasteiger charge is 2.22. The van der Waals surface area contributed by atoms with Crippen molar-refractivity contribution in [3.63, 3.8) is 0 Å². The molecule has 0 amide bonds. The fraction of sp³-hybridized carbons (Fsp3) is 0. The molecule has 12 aromatic rings. The molecule has 0 N–H and O–H groups in total. The van der Waals surface area contributed by atoms with Gasteiger partial charge in [-0.3, -0.25) is 0 Å². The van der Waals surface area contributed by atoms with Crippen LogP contribution >= 0.6 is 11.3 Å². The zero-order chi connectivity index (χ0) is 38.2. The van der Waals surface area contributed by atoms with Crippen molar-refractivity contribution < 1.29 is 0 Å². The SMILES string of the molecule is c1ccc(-c2ccc(-c3nc(-c4cc5c(cc4-n4c6ccccc6c6cc7ccccc7cc64)sc4ccccc45)nc(-c4cccc5ccccc45)n3)cc2)cc1. The third kappa shape index (κ3) is 5.25. The molecule has 3 aromatic heterocycles. The Hall–Kier alpha value is -7.47. The van der Waals surface area contributed by atoms with E-state index in [0.29, 0.717) is 17.5 Å². The normalized spacial score (nSPS) is 11.8. The lowest BCUT2D eigenvalue weighted by Crippen LogP contribution is -2.04. The number of rotatable bonds is 5. The predicted octanol–water partition coefficient (Wildman–Crippen LogP) is 14.3. The average Bonchev–Trinajstić information content (AvgIpc) is 3.82. The molecule has 0 aliphatic carbocycles. The molecule has 0 atom stereocenters. The van der Waals surface area contributed by atoms with Crippen LogP contribution < -0.4 is 0 Å². The van der Waals surface area contributed by atoms with E-state index >= 15 is 0 Å². The Kier molecular flexibility index (Phi) is 7.37. The standard InChI is InChI=1S/C53H32N4S/c1-2-13-33(14-3-1)34-25-27-36(28-26-34)51-54-52(42-22-12-18-35-15-6-7-19-39(35)42)56-53(55-51)45-31-44-41-21-9-11-24-49(41)58-50(44)32-48(45)57-46-23-10-8-20-40(46)43-29-37-16-4-5-17-38(37)30-47(43)57/h1-32H. The monoisotopic (exact) mass is 756 g/mol. The van der Waals surface area contributed by atoms with E-state index in [0.717, 1.165) is 49.7 Å². The summed E-state index contributed by atoms with van der Waals surface area (Å²) in [6, 6.07) is 69.2. The summed E-state index contributed by atoms with van der Waals surface area (Å²) in [6.45, 7) is 0. The van der Waals surface area contributed by atoms with Crippen LogP contribution in [-0.2, 0) is 0 Å². The Morgan fingerprint density at radius 3 is 1.76 bits per heavy atom. The quantitative estimate of drug-likeness (QED) is 0.176. The molecule has 270 valence electrons. The Balaban J connectivity index is 1.18. The van der Waals surface area contributed by atoms with Crippen molar-refractivity contribution in [2.45, 2.75) is 0 Å². The van der Waals surface area contributed by atoms with Crippen LogP contribution in [0.5, 0.6) is 0 Å². The van der Waals surface area contributed by atoms with Gasteiger partial charge in [-0.2, -0.15) is 0 Å². The van der Waals surface area contributed by atoms with Gasteiger partial charge in [0.15, 0.2) is 17.5 Å². The molecule has 0 fully saturated rings. The molecular formula is C53H32N4S. The lowest BCUT2D eigenvalue weighted by Gasteiger charge is -2.16. The maximum Gasteiger partial charge on any atom is 0.166 e. The maximum atomic E-state index is 5.43. The molecule has 0 radical (unpaired) electrons. The molecule has 0 aliphatic heterocycles. The van der Waals surface area contributed by atoms with E-state index in [9.17, 15) is 0 Å². The van der Waals surface area contributed by atoms with Gasteiger partial charge in [0.2, 0.25) is 0 Å². The van der Waals surface area contributed by atoms with E-state index in [-0.39, 0.29) is 0 Å². The minimum Gasteiger partial charge on any atom is -0.308 e. The smallest absolute Gasteiger partial charge is 0.166 e. The lowest BCUT2D eigenvalue weighted by molar-refractivity contribution is 1.07. The van der Waals surface area contributed by atoms with Crippen LogP contribution in [-0.4, -0.2) is 19.5 Å². The van der Waals surface area contributed by atoms with Gasteiger partial charge in [0, 0.05) is 47.6 Å². The van der Waals surface area contributed by atoms with Gasteiger partial charge in [0.05, 0.1) is 16.7 Å². The molecule has 12 rings (SSSR count). The number of benzene rings is 9. The summed E-state index contributed by atoms with van der Waals surface area (Å²) in [4.78, 5) is 16.1. The molecular weight excluding hydrogens is 725 g/mol. The fourth-order valence-corrected chi connectivity index (χ4v) is 9.77. The van der Waals surface area contributed by atoms with Crippen LogP contribution in [0.4, 0.5) is 0 Å². The second-order valence-corrected chi connectivity index (χ2v) is 15.9. The molecule has 0 spiro atoms. The first-order valence-corrected chi connectivity index (χ1v) is 20.3. The van der Waals surface area contributed by atoms with Crippen LogP contribution in [0, 0.1) is 0 Å². The van der Waals surface area contributed by atoms with Gasteiger partial charge in [-0.15, -0.1) is 11.3 Å². The number of aromatic nitrogens is 4. The maximum absolute atomic E-state index is 5.43. The summed E-state index contributed by atoms with van der Waals surface area (Å²) in [6.07, 6.45) is 0. The van der Waals surface area contributed by atoms with Crippen LogP contribution in [0.25, 0.3) is 115 Å². The van der Waals surface area contributed by atoms with Gasteiger partial charge in [-0.25, -0.2) is 15.0 Å². The zero-order valence-electron chi connectivity index (χ0n) is 31.2. The largest absolute Gasteiger partial charge is 0.308 e. The van der Waals surface area contributed by atoms with E-state index < -0.39 is 0 Å². The molecule has 0 aliphatic rings. The van der Waals surface area contributed by atoms with Gasteiger partial charge in [0.1, 0.15) is 0 Å². The Morgan fingerprint density at radius 2 is 0.931 bits per heavy atom. The summed E-state index contributed by atoms with van der Waals surface area (Å²) in [7, 11) is 0. The highest BCUT2D eigenvalue weighted by Crippen LogP contribution is 2.43. The van der Waals surface area contributed by atoms with Crippen LogP contribution in [0.1, 0.15) is 0 Å². The highest BCUT2D eigenvalue weighted by atomic mass is 32.1. The topological polar surface area (TPSA) is 43.6 Å². The van der Waals surface area contributed by atoms with Crippen LogP contribution in [0.3, 0.4) is 0 Å². The van der Waals surface area contributed by atoms with Crippen molar-refractivity contribution in [2.75, 3.05) is 0 Å². The van der Waals surface area contributed by atoms with Gasteiger partial charge in [-0.05, 0) is 69.1 Å². The van der Waals surface area contributed by atoms with Gasteiger partial charge < -0.3 is 4.57 Å². The first kappa shape index (κ1) is 32.7. The van der Waals surface area contributed by atoms with E-state index in [1.165, 1.54) is 47.3 Å².